The molecule has 1 aromatic carbocycles. The van der Waals surface area contributed by atoms with Crippen LogP contribution in [0.5, 0.6) is 0 Å². The minimum Gasteiger partial charge on any atom is -0.393 e. The first-order valence-corrected chi connectivity index (χ1v) is 9.09. The van der Waals surface area contributed by atoms with E-state index in [1.165, 1.54) is 5.56 Å². The molecule has 0 radical (unpaired) electrons. The largest absolute Gasteiger partial charge is 0.393 e. The van der Waals surface area contributed by atoms with Crippen molar-refractivity contribution in [1.29, 1.82) is 0 Å². The number of amides is 1. The lowest BCUT2D eigenvalue weighted by molar-refractivity contribution is 0.0867. The average molecular weight is 331 g/mol. The van der Waals surface area contributed by atoms with E-state index in [1.54, 1.807) is 0 Å². The van der Waals surface area contributed by atoms with Gasteiger partial charge >= 0.3 is 0 Å². The average Bonchev–Trinajstić information content (AvgIpc) is 2.59. The van der Waals surface area contributed by atoms with Gasteiger partial charge in [0.1, 0.15) is 0 Å². The van der Waals surface area contributed by atoms with E-state index < -0.39 is 0 Å². The quantitative estimate of drug-likeness (QED) is 0.877. The van der Waals surface area contributed by atoms with Gasteiger partial charge in [0.05, 0.1) is 6.10 Å². The van der Waals surface area contributed by atoms with Crippen LogP contribution in [-0.4, -0.2) is 66.2 Å². The second-order valence-electron chi connectivity index (χ2n) is 7.26. The molecule has 5 nitrogen and oxygen atoms in total. The second-order valence-corrected chi connectivity index (χ2v) is 7.26. The van der Waals surface area contributed by atoms with Gasteiger partial charge in [-0.15, -0.1) is 0 Å². The summed E-state index contributed by atoms with van der Waals surface area (Å²) >= 11 is 0. The Hall–Kier alpha value is -1.43. The Morgan fingerprint density at radius 1 is 1.17 bits per heavy atom. The molecular weight excluding hydrogens is 302 g/mol. The molecule has 0 atom stereocenters. The maximum atomic E-state index is 12.5. The summed E-state index contributed by atoms with van der Waals surface area (Å²) in [4.78, 5) is 17.3. The van der Waals surface area contributed by atoms with Crippen LogP contribution in [0.2, 0.25) is 0 Å². The van der Waals surface area contributed by atoms with E-state index in [0.717, 1.165) is 64.0 Å². The molecule has 1 amide bonds. The minimum absolute atomic E-state index is 0.0108. The molecule has 0 unspecified atom stereocenters. The van der Waals surface area contributed by atoms with Crippen molar-refractivity contribution < 1.29 is 9.90 Å². The Kier molecular flexibility index (Phi) is 5.87. The van der Waals surface area contributed by atoms with Crippen molar-refractivity contribution in [3.63, 3.8) is 0 Å². The number of carbonyl (C=O) groups excluding carboxylic acids is 1. The first kappa shape index (κ1) is 17.4. The zero-order chi connectivity index (χ0) is 16.9. The Morgan fingerprint density at radius 3 is 2.58 bits per heavy atom. The number of rotatable bonds is 4. The number of hydrogen-bond donors (Lipinski definition) is 2. The number of benzene rings is 1. The summed E-state index contributed by atoms with van der Waals surface area (Å²) in [6, 6.07) is 8.19. The van der Waals surface area contributed by atoms with E-state index in [-0.39, 0.29) is 18.1 Å². The third kappa shape index (κ3) is 4.79. The van der Waals surface area contributed by atoms with E-state index >= 15 is 0 Å². The summed E-state index contributed by atoms with van der Waals surface area (Å²) in [6.45, 7) is 5.28. The van der Waals surface area contributed by atoms with Gasteiger partial charge in [-0.2, -0.15) is 0 Å². The summed E-state index contributed by atoms with van der Waals surface area (Å²) in [5.41, 5.74) is 1.94. The van der Waals surface area contributed by atoms with Gasteiger partial charge in [-0.05, 0) is 50.4 Å². The van der Waals surface area contributed by atoms with E-state index in [9.17, 15) is 9.90 Å². The Bertz CT molecular complexity index is 547. The highest BCUT2D eigenvalue weighted by molar-refractivity contribution is 5.94. The first-order chi connectivity index (χ1) is 11.6. The molecule has 0 aromatic heterocycles. The molecule has 0 spiro atoms. The van der Waals surface area contributed by atoms with Crippen LogP contribution in [0.3, 0.4) is 0 Å². The van der Waals surface area contributed by atoms with E-state index in [2.05, 4.69) is 28.2 Å². The monoisotopic (exact) mass is 331 g/mol. The van der Waals surface area contributed by atoms with E-state index in [0.29, 0.717) is 0 Å². The molecule has 3 rings (SSSR count). The highest BCUT2D eigenvalue weighted by atomic mass is 16.3. The highest BCUT2D eigenvalue weighted by Crippen LogP contribution is 2.19. The molecule has 2 fully saturated rings. The molecule has 1 aromatic rings. The highest BCUT2D eigenvalue weighted by Gasteiger charge is 2.21. The predicted octanol–water partition coefficient (Wildman–Crippen LogP) is 1.47. The molecule has 5 heteroatoms. The smallest absolute Gasteiger partial charge is 0.251 e. The van der Waals surface area contributed by atoms with Crippen LogP contribution in [0.4, 0.5) is 0 Å². The van der Waals surface area contributed by atoms with Gasteiger partial charge in [-0.1, -0.05) is 12.1 Å². The van der Waals surface area contributed by atoms with Crippen molar-refractivity contribution in [2.45, 2.75) is 44.4 Å². The Labute approximate surface area is 144 Å². The fraction of sp³-hybridized carbons (Fsp3) is 0.632. The van der Waals surface area contributed by atoms with Crippen LogP contribution in [0.15, 0.2) is 24.3 Å². The minimum atomic E-state index is -0.190. The van der Waals surface area contributed by atoms with Crippen LogP contribution in [0.1, 0.15) is 41.6 Å². The second kappa shape index (κ2) is 8.10. The molecule has 2 aliphatic rings. The van der Waals surface area contributed by atoms with Crippen LogP contribution >= 0.6 is 0 Å². The Morgan fingerprint density at radius 2 is 1.88 bits per heavy atom. The normalized spacial score (nSPS) is 26.2. The van der Waals surface area contributed by atoms with Crippen LogP contribution < -0.4 is 5.32 Å². The molecule has 1 saturated heterocycles. The SMILES string of the molecule is CN1CCN(Cc2cccc(C(=O)NC3CCC(O)CC3)c2)CC1. The number of aliphatic hydroxyl groups excluding tert-OH is 1. The number of piperazine rings is 1. The number of likely N-dealkylation sites (N-methyl/N-ethyl adjacent to an activating group) is 1. The van der Waals surface area contributed by atoms with Gasteiger partial charge in [-0.25, -0.2) is 0 Å². The summed E-state index contributed by atoms with van der Waals surface area (Å²) in [7, 11) is 2.16. The fourth-order valence-electron chi connectivity index (χ4n) is 3.56. The predicted molar refractivity (Wildman–Crippen MR) is 94.9 cm³/mol. The van der Waals surface area contributed by atoms with Gasteiger partial charge < -0.3 is 15.3 Å². The number of nitrogens with one attached hydrogen (secondary N) is 1. The van der Waals surface area contributed by atoms with Gasteiger partial charge in [0.25, 0.3) is 5.91 Å². The number of aliphatic hydroxyl groups is 1. The molecule has 1 heterocycles. The zero-order valence-electron chi connectivity index (χ0n) is 14.6. The van der Waals surface area contributed by atoms with Gasteiger partial charge in [0.15, 0.2) is 0 Å². The van der Waals surface area contributed by atoms with E-state index in [1.807, 2.05) is 18.2 Å². The van der Waals surface area contributed by atoms with Crippen molar-refractivity contribution >= 4 is 5.91 Å². The molecular formula is C19H29N3O2. The van der Waals surface area contributed by atoms with Crippen molar-refractivity contribution in [1.82, 2.24) is 15.1 Å². The van der Waals surface area contributed by atoms with Crippen molar-refractivity contribution in [2.24, 2.45) is 0 Å². The lowest BCUT2D eigenvalue weighted by Crippen LogP contribution is -2.43. The molecule has 1 aliphatic carbocycles. The topological polar surface area (TPSA) is 55.8 Å². The maximum absolute atomic E-state index is 12.5. The number of carbonyl (C=O) groups is 1. The van der Waals surface area contributed by atoms with Gasteiger partial charge in [0, 0.05) is 44.3 Å². The third-order valence-electron chi connectivity index (χ3n) is 5.22. The Balaban J connectivity index is 1.55. The van der Waals surface area contributed by atoms with Crippen LogP contribution in [-0.2, 0) is 6.54 Å². The van der Waals surface area contributed by atoms with Crippen molar-refractivity contribution in [3.05, 3.63) is 35.4 Å². The molecule has 24 heavy (non-hydrogen) atoms. The van der Waals surface area contributed by atoms with Crippen molar-refractivity contribution in [3.8, 4) is 0 Å². The molecule has 2 N–H and O–H groups in total. The summed E-state index contributed by atoms with van der Waals surface area (Å²) in [5.74, 6) is 0.0108. The number of nitrogens with zero attached hydrogens (tertiary/aromatic N) is 2. The first-order valence-electron chi connectivity index (χ1n) is 9.09. The van der Waals surface area contributed by atoms with Crippen molar-refractivity contribution in [2.75, 3.05) is 33.2 Å². The third-order valence-corrected chi connectivity index (χ3v) is 5.22. The molecule has 0 bridgehead atoms. The standard InChI is InChI=1S/C19H29N3O2/c1-21-9-11-22(12-10-21)14-15-3-2-4-16(13-15)19(24)20-17-5-7-18(23)8-6-17/h2-4,13,17-18,23H,5-12,14H2,1H3,(H,20,24). The maximum Gasteiger partial charge on any atom is 0.251 e. The number of hydrogen-bond acceptors (Lipinski definition) is 4. The van der Waals surface area contributed by atoms with Crippen LogP contribution in [0.25, 0.3) is 0 Å². The summed E-state index contributed by atoms with van der Waals surface area (Å²) in [6.07, 6.45) is 3.12. The fourth-order valence-corrected chi connectivity index (χ4v) is 3.56. The summed E-state index contributed by atoms with van der Waals surface area (Å²) in [5, 5.41) is 12.7. The van der Waals surface area contributed by atoms with Gasteiger partial charge in [0.2, 0.25) is 0 Å². The van der Waals surface area contributed by atoms with Crippen LogP contribution in [0, 0.1) is 0 Å². The lowest BCUT2D eigenvalue weighted by atomic mass is 9.93. The lowest BCUT2D eigenvalue weighted by Gasteiger charge is -2.32. The van der Waals surface area contributed by atoms with E-state index in [4.69, 9.17) is 0 Å². The molecule has 132 valence electrons. The summed E-state index contributed by atoms with van der Waals surface area (Å²) < 4.78 is 0. The van der Waals surface area contributed by atoms with Gasteiger partial charge in [-0.3, -0.25) is 9.69 Å². The zero-order valence-corrected chi connectivity index (χ0v) is 14.6. The molecule has 1 aliphatic heterocycles. The molecule has 1 saturated carbocycles.